The van der Waals surface area contributed by atoms with Gasteiger partial charge in [0.05, 0.1) is 5.52 Å². The minimum absolute atomic E-state index is 0.0346. The second-order valence-corrected chi connectivity index (χ2v) is 4.20. The molecule has 3 nitrogen and oxygen atoms in total. The molecule has 1 aromatic heterocycles. The SMILES string of the molecule is CNCC(C)C(=O)c1cccc2cccnc12. The molecule has 2 rings (SSSR count). The number of para-hydroxylation sites is 1. The van der Waals surface area contributed by atoms with Crippen LogP contribution >= 0.6 is 0 Å². The van der Waals surface area contributed by atoms with Crippen LogP contribution < -0.4 is 5.32 Å². The van der Waals surface area contributed by atoms with Crippen LogP contribution in [0.25, 0.3) is 10.9 Å². The van der Waals surface area contributed by atoms with Gasteiger partial charge in [0.15, 0.2) is 5.78 Å². The Balaban J connectivity index is 2.45. The molecule has 2 aromatic rings. The molecule has 17 heavy (non-hydrogen) atoms. The molecule has 88 valence electrons. The number of benzene rings is 1. The summed E-state index contributed by atoms with van der Waals surface area (Å²) < 4.78 is 0. The smallest absolute Gasteiger partial charge is 0.169 e. The normalized spacial score (nSPS) is 12.6. The average Bonchev–Trinajstić information content (AvgIpc) is 2.37. The quantitative estimate of drug-likeness (QED) is 0.816. The topological polar surface area (TPSA) is 42.0 Å². The van der Waals surface area contributed by atoms with Gasteiger partial charge in [0, 0.05) is 29.6 Å². The maximum absolute atomic E-state index is 12.3. The number of hydrogen-bond donors (Lipinski definition) is 1. The standard InChI is InChI=1S/C14H16N2O/c1-10(9-15-2)14(17)12-7-3-5-11-6-4-8-16-13(11)12/h3-8,10,15H,9H2,1-2H3. The van der Waals surface area contributed by atoms with E-state index in [1.165, 1.54) is 0 Å². The Morgan fingerprint density at radius 1 is 1.35 bits per heavy atom. The molecule has 1 unspecified atom stereocenters. The molecule has 1 atom stereocenters. The lowest BCUT2D eigenvalue weighted by molar-refractivity contribution is 0.0931. The van der Waals surface area contributed by atoms with Crippen LogP contribution in [0, 0.1) is 5.92 Å². The summed E-state index contributed by atoms with van der Waals surface area (Å²) in [5.74, 6) is 0.108. The van der Waals surface area contributed by atoms with Gasteiger partial charge in [-0.15, -0.1) is 0 Å². The third-order valence-electron chi connectivity index (χ3n) is 2.86. The van der Waals surface area contributed by atoms with Crippen molar-refractivity contribution < 1.29 is 4.79 Å². The lowest BCUT2D eigenvalue weighted by Crippen LogP contribution is -2.24. The van der Waals surface area contributed by atoms with Gasteiger partial charge in [0.25, 0.3) is 0 Å². The Morgan fingerprint density at radius 3 is 2.88 bits per heavy atom. The summed E-state index contributed by atoms with van der Waals surface area (Å²) >= 11 is 0. The fraction of sp³-hybridized carbons (Fsp3) is 0.286. The molecule has 0 radical (unpaired) electrons. The zero-order chi connectivity index (χ0) is 12.3. The lowest BCUT2D eigenvalue weighted by Gasteiger charge is -2.11. The van der Waals surface area contributed by atoms with Gasteiger partial charge in [-0.05, 0) is 19.2 Å². The summed E-state index contributed by atoms with van der Waals surface area (Å²) in [6, 6.07) is 9.59. The molecule has 0 saturated heterocycles. The van der Waals surface area contributed by atoms with Crippen molar-refractivity contribution in [2.45, 2.75) is 6.92 Å². The number of carbonyl (C=O) groups is 1. The van der Waals surface area contributed by atoms with E-state index in [1.807, 2.05) is 44.3 Å². The molecular weight excluding hydrogens is 212 g/mol. The Hall–Kier alpha value is -1.74. The molecule has 1 N–H and O–H groups in total. The molecule has 0 bridgehead atoms. The van der Waals surface area contributed by atoms with Crippen LogP contribution in [0.3, 0.4) is 0 Å². The second-order valence-electron chi connectivity index (χ2n) is 4.20. The number of carbonyl (C=O) groups excluding carboxylic acids is 1. The number of rotatable bonds is 4. The van der Waals surface area contributed by atoms with Gasteiger partial charge in [-0.3, -0.25) is 9.78 Å². The van der Waals surface area contributed by atoms with Crippen molar-refractivity contribution in [2.75, 3.05) is 13.6 Å². The Kier molecular flexibility index (Phi) is 3.49. The van der Waals surface area contributed by atoms with Crippen molar-refractivity contribution in [3.63, 3.8) is 0 Å². The highest BCUT2D eigenvalue weighted by molar-refractivity contribution is 6.07. The monoisotopic (exact) mass is 228 g/mol. The van der Waals surface area contributed by atoms with Gasteiger partial charge in [-0.25, -0.2) is 0 Å². The number of aromatic nitrogens is 1. The van der Waals surface area contributed by atoms with Gasteiger partial charge < -0.3 is 5.32 Å². The Morgan fingerprint density at radius 2 is 2.12 bits per heavy atom. The van der Waals surface area contributed by atoms with E-state index in [1.54, 1.807) is 6.20 Å². The van der Waals surface area contributed by atoms with Crippen molar-refractivity contribution in [1.82, 2.24) is 10.3 Å². The zero-order valence-corrected chi connectivity index (χ0v) is 10.1. The van der Waals surface area contributed by atoms with E-state index in [0.29, 0.717) is 12.1 Å². The molecule has 0 spiro atoms. The van der Waals surface area contributed by atoms with E-state index in [-0.39, 0.29) is 11.7 Å². The number of fused-ring (bicyclic) bond motifs is 1. The summed E-state index contributed by atoms with van der Waals surface area (Å²) in [6.45, 7) is 2.61. The Labute approximate surface area is 101 Å². The molecule has 0 aliphatic heterocycles. The first-order valence-corrected chi connectivity index (χ1v) is 5.76. The first kappa shape index (κ1) is 11.7. The molecule has 0 aliphatic rings. The molecule has 0 saturated carbocycles. The first-order chi connectivity index (χ1) is 8.24. The third kappa shape index (κ3) is 2.34. The summed E-state index contributed by atoms with van der Waals surface area (Å²) in [6.07, 6.45) is 1.72. The molecular formula is C14H16N2O. The summed E-state index contributed by atoms with van der Waals surface area (Å²) in [7, 11) is 1.85. The number of nitrogens with zero attached hydrogens (tertiary/aromatic N) is 1. The van der Waals surface area contributed by atoms with Crippen LogP contribution in [0.5, 0.6) is 0 Å². The van der Waals surface area contributed by atoms with Crippen LogP contribution in [0.4, 0.5) is 0 Å². The van der Waals surface area contributed by atoms with Crippen molar-refractivity contribution in [3.8, 4) is 0 Å². The minimum atomic E-state index is -0.0346. The molecule has 1 heterocycles. The van der Waals surface area contributed by atoms with Crippen molar-refractivity contribution in [1.29, 1.82) is 0 Å². The van der Waals surface area contributed by atoms with Crippen LogP contribution in [0.15, 0.2) is 36.5 Å². The van der Waals surface area contributed by atoms with Gasteiger partial charge >= 0.3 is 0 Å². The largest absolute Gasteiger partial charge is 0.319 e. The van der Waals surface area contributed by atoms with E-state index < -0.39 is 0 Å². The average molecular weight is 228 g/mol. The number of nitrogens with one attached hydrogen (secondary N) is 1. The number of hydrogen-bond acceptors (Lipinski definition) is 3. The van der Waals surface area contributed by atoms with E-state index >= 15 is 0 Å². The van der Waals surface area contributed by atoms with E-state index in [9.17, 15) is 4.79 Å². The highest BCUT2D eigenvalue weighted by Gasteiger charge is 2.17. The van der Waals surface area contributed by atoms with Crippen LogP contribution in [0.2, 0.25) is 0 Å². The summed E-state index contributed by atoms with van der Waals surface area (Å²) in [4.78, 5) is 16.6. The number of Topliss-reactive ketones (excluding diaryl/α,β-unsaturated/α-hetero) is 1. The van der Waals surface area contributed by atoms with Gasteiger partial charge in [-0.1, -0.05) is 25.1 Å². The zero-order valence-electron chi connectivity index (χ0n) is 10.1. The Bertz CT molecular complexity index is 531. The van der Waals surface area contributed by atoms with Crippen molar-refractivity contribution in [3.05, 3.63) is 42.1 Å². The highest BCUT2D eigenvalue weighted by Crippen LogP contribution is 2.18. The minimum Gasteiger partial charge on any atom is -0.319 e. The fourth-order valence-electron chi connectivity index (χ4n) is 1.97. The van der Waals surface area contributed by atoms with E-state index in [2.05, 4.69) is 10.3 Å². The maximum Gasteiger partial charge on any atom is 0.169 e. The van der Waals surface area contributed by atoms with Gasteiger partial charge in [0.2, 0.25) is 0 Å². The summed E-state index contributed by atoms with van der Waals surface area (Å²) in [5, 5.41) is 4.03. The molecule has 0 fully saturated rings. The number of pyridine rings is 1. The van der Waals surface area contributed by atoms with Gasteiger partial charge in [-0.2, -0.15) is 0 Å². The molecule has 1 aromatic carbocycles. The predicted molar refractivity (Wildman–Crippen MR) is 69.2 cm³/mol. The molecule has 0 aliphatic carbocycles. The highest BCUT2D eigenvalue weighted by atomic mass is 16.1. The molecule has 0 amide bonds. The van der Waals surface area contributed by atoms with E-state index in [4.69, 9.17) is 0 Å². The molecule has 3 heteroatoms. The maximum atomic E-state index is 12.3. The lowest BCUT2D eigenvalue weighted by atomic mass is 9.97. The van der Waals surface area contributed by atoms with Gasteiger partial charge in [0.1, 0.15) is 0 Å². The second kappa shape index (κ2) is 5.06. The first-order valence-electron chi connectivity index (χ1n) is 5.76. The van der Waals surface area contributed by atoms with Crippen molar-refractivity contribution >= 4 is 16.7 Å². The van der Waals surface area contributed by atoms with Crippen LogP contribution in [-0.2, 0) is 0 Å². The van der Waals surface area contributed by atoms with Crippen LogP contribution in [-0.4, -0.2) is 24.4 Å². The number of ketones is 1. The fourth-order valence-corrected chi connectivity index (χ4v) is 1.97. The summed E-state index contributed by atoms with van der Waals surface area (Å²) in [5.41, 5.74) is 1.51. The van der Waals surface area contributed by atoms with Crippen molar-refractivity contribution in [2.24, 2.45) is 5.92 Å². The predicted octanol–water partition coefficient (Wildman–Crippen LogP) is 2.27. The van der Waals surface area contributed by atoms with E-state index in [0.717, 1.165) is 10.9 Å². The third-order valence-corrected chi connectivity index (χ3v) is 2.86. The van der Waals surface area contributed by atoms with Crippen LogP contribution in [0.1, 0.15) is 17.3 Å².